The van der Waals surface area contributed by atoms with Crippen LogP contribution in [0.4, 0.5) is 11.6 Å². The standard InChI is InChI=1S/C10H18N4O3/c1-16-5-7(3-4-15)14-10-8(17-2)9(11)12-6-13-10/h6-7,15H,3-5H2,1-2H3,(H3,11,12,13,14). The zero-order valence-corrected chi connectivity index (χ0v) is 10.0. The van der Waals surface area contributed by atoms with Crippen LogP contribution in [-0.2, 0) is 4.74 Å². The molecule has 0 aliphatic carbocycles. The number of nitrogen functional groups attached to an aromatic ring is 1. The molecule has 0 fully saturated rings. The maximum atomic E-state index is 8.94. The molecule has 1 unspecified atom stereocenters. The molecule has 96 valence electrons. The van der Waals surface area contributed by atoms with E-state index in [0.717, 1.165) is 0 Å². The summed E-state index contributed by atoms with van der Waals surface area (Å²) in [6.45, 7) is 0.511. The number of nitrogens with one attached hydrogen (secondary N) is 1. The Balaban J connectivity index is 2.80. The highest BCUT2D eigenvalue weighted by Gasteiger charge is 2.14. The van der Waals surface area contributed by atoms with Crippen molar-refractivity contribution in [3.63, 3.8) is 0 Å². The summed E-state index contributed by atoms with van der Waals surface area (Å²) in [4.78, 5) is 7.88. The van der Waals surface area contributed by atoms with Crippen molar-refractivity contribution in [3.8, 4) is 5.75 Å². The highest BCUT2D eigenvalue weighted by molar-refractivity contribution is 5.61. The van der Waals surface area contributed by atoms with Crippen LogP contribution in [0.5, 0.6) is 5.75 Å². The summed E-state index contributed by atoms with van der Waals surface area (Å²) in [6.07, 6.45) is 1.89. The van der Waals surface area contributed by atoms with Gasteiger partial charge >= 0.3 is 0 Å². The van der Waals surface area contributed by atoms with E-state index in [-0.39, 0.29) is 18.5 Å². The van der Waals surface area contributed by atoms with Crippen LogP contribution in [-0.4, -0.2) is 48.5 Å². The maximum absolute atomic E-state index is 8.94. The monoisotopic (exact) mass is 242 g/mol. The first kappa shape index (κ1) is 13.5. The second-order valence-electron chi connectivity index (χ2n) is 3.45. The van der Waals surface area contributed by atoms with Gasteiger partial charge in [-0.2, -0.15) is 0 Å². The van der Waals surface area contributed by atoms with Gasteiger partial charge in [-0.25, -0.2) is 9.97 Å². The Hall–Kier alpha value is -1.60. The second-order valence-corrected chi connectivity index (χ2v) is 3.45. The van der Waals surface area contributed by atoms with Gasteiger partial charge in [-0.3, -0.25) is 0 Å². The molecule has 0 aliphatic rings. The van der Waals surface area contributed by atoms with Crippen LogP contribution in [0.15, 0.2) is 6.33 Å². The molecule has 1 aromatic heterocycles. The highest BCUT2D eigenvalue weighted by Crippen LogP contribution is 2.26. The molecule has 0 saturated heterocycles. The molecule has 0 bridgehead atoms. The lowest BCUT2D eigenvalue weighted by Crippen LogP contribution is -2.27. The fourth-order valence-corrected chi connectivity index (χ4v) is 1.44. The van der Waals surface area contributed by atoms with Crippen LogP contribution in [0.25, 0.3) is 0 Å². The van der Waals surface area contributed by atoms with Crippen LogP contribution in [0, 0.1) is 0 Å². The molecule has 1 rings (SSSR count). The summed E-state index contributed by atoms with van der Waals surface area (Å²) in [5, 5.41) is 12.0. The van der Waals surface area contributed by atoms with E-state index in [1.807, 2.05) is 0 Å². The molecule has 0 aliphatic heterocycles. The Labute approximate surface area is 100.0 Å². The van der Waals surface area contributed by atoms with Gasteiger partial charge in [0.05, 0.1) is 19.8 Å². The van der Waals surface area contributed by atoms with Crippen molar-refractivity contribution in [2.75, 3.05) is 38.5 Å². The molecule has 17 heavy (non-hydrogen) atoms. The number of hydrogen-bond acceptors (Lipinski definition) is 7. The van der Waals surface area contributed by atoms with Crippen molar-refractivity contribution in [2.24, 2.45) is 0 Å². The van der Waals surface area contributed by atoms with E-state index >= 15 is 0 Å². The Kier molecular flexibility index (Phi) is 5.44. The molecule has 0 radical (unpaired) electrons. The van der Waals surface area contributed by atoms with Crippen LogP contribution in [0.3, 0.4) is 0 Å². The first-order chi connectivity index (χ1) is 8.22. The number of hydrogen-bond donors (Lipinski definition) is 3. The molecule has 0 aromatic carbocycles. The lowest BCUT2D eigenvalue weighted by molar-refractivity contribution is 0.170. The third kappa shape index (κ3) is 3.72. The smallest absolute Gasteiger partial charge is 0.203 e. The summed E-state index contributed by atoms with van der Waals surface area (Å²) < 4.78 is 10.2. The van der Waals surface area contributed by atoms with Crippen LogP contribution in [0.1, 0.15) is 6.42 Å². The van der Waals surface area contributed by atoms with Crippen molar-refractivity contribution in [1.82, 2.24) is 9.97 Å². The first-order valence-corrected chi connectivity index (χ1v) is 5.23. The third-order valence-electron chi connectivity index (χ3n) is 2.22. The predicted molar refractivity (Wildman–Crippen MR) is 64.0 cm³/mol. The molecule has 7 heteroatoms. The number of methoxy groups -OCH3 is 2. The quantitative estimate of drug-likeness (QED) is 0.612. The van der Waals surface area contributed by atoms with Gasteiger partial charge in [-0.05, 0) is 6.42 Å². The Morgan fingerprint density at radius 1 is 1.47 bits per heavy atom. The minimum absolute atomic E-state index is 0.0594. The van der Waals surface area contributed by atoms with Gasteiger partial charge in [0.1, 0.15) is 6.33 Å². The second kappa shape index (κ2) is 6.87. The van der Waals surface area contributed by atoms with Crippen molar-refractivity contribution >= 4 is 11.6 Å². The largest absolute Gasteiger partial charge is 0.490 e. The Morgan fingerprint density at radius 3 is 2.82 bits per heavy atom. The number of aliphatic hydroxyl groups is 1. The van der Waals surface area contributed by atoms with Crippen LogP contribution >= 0.6 is 0 Å². The van der Waals surface area contributed by atoms with E-state index in [2.05, 4.69) is 15.3 Å². The molecular weight excluding hydrogens is 224 g/mol. The number of nitrogens with zero attached hydrogens (tertiary/aromatic N) is 2. The molecule has 7 nitrogen and oxygen atoms in total. The maximum Gasteiger partial charge on any atom is 0.203 e. The number of aliphatic hydroxyl groups excluding tert-OH is 1. The Morgan fingerprint density at radius 2 is 2.24 bits per heavy atom. The number of nitrogens with two attached hydrogens (primary N) is 1. The third-order valence-corrected chi connectivity index (χ3v) is 2.22. The van der Waals surface area contributed by atoms with Gasteiger partial charge in [0.25, 0.3) is 0 Å². The predicted octanol–water partition coefficient (Wildman–Crippen LogP) is -0.123. The topological polar surface area (TPSA) is 103 Å². The van der Waals surface area contributed by atoms with Gasteiger partial charge in [0.2, 0.25) is 5.75 Å². The first-order valence-electron chi connectivity index (χ1n) is 5.23. The molecule has 1 aromatic rings. The van der Waals surface area contributed by atoms with E-state index in [1.165, 1.54) is 13.4 Å². The van der Waals surface area contributed by atoms with Crippen molar-refractivity contribution in [2.45, 2.75) is 12.5 Å². The molecule has 1 heterocycles. The summed E-state index contributed by atoms with van der Waals surface area (Å²) >= 11 is 0. The zero-order valence-electron chi connectivity index (χ0n) is 10.0. The molecule has 4 N–H and O–H groups in total. The van der Waals surface area contributed by atoms with Gasteiger partial charge in [0, 0.05) is 13.7 Å². The molecule has 1 atom stereocenters. The summed E-state index contributed by atoms with van der Waals surface area (Å²) in [5.41, 5.74) is 5.66. The number of rotatable bonds is 7. The van der Waals surface area contributed by atoms with E-state index in [9.17, 15) is 0 Å². The van der Waals surface area contributed by atoms with Crippen LogP contribution < -0.4 is 15.8 Å². The van der Waals surface area contributed by atoms with Crippen molar-refractivity contribution in [1.29, 1.82) is 0 Å². The zero-order chi connectivity index (χ0) is 12.7. The molecular formula is C10H18N4O3. The normalized spacial score (nSPS) is 12.2. The SMILES string of the molecule is COCC(CCO)Nc1ncnc(N)c1OC. The summed E-state index contributed by atoms with van der Waals surface area (Å²) in [5.74, 6) is 1.16. The van der Waals surface area contributed by atoms with E-state index < -0.39 is 0 Å². The van der Waals surface area contributed by atoms with E-state index in [0.29, 0.717) is 24.6 Å². The molecule has 0 amide bonds. The minimum Gasteiger partial charge on any atom is -0.490 e. The average Bonchev–Trinajstić information content (AvgIpc) is 2.30. The van der Waals surface area contributed by atoms with E-state index in [4.69, 9.17) is 20.3 Å². The van der Waals surface area contributed by atoms with E-state index in [1.54, 1.807) is 7.11 Å². The van der Waals surface area contributed by atoms with Crippen LogP contribution in [0.2, 0.25) is 0 Å². The summed E-state index contributed by atoms with van der Waals surface area (Å²) in [7, 11) is 3.09. The molecule has 0 saturated carbocycles. The summed E-state index contributed by atoms with van der Waals surface area (Å²) in [6, 6.07) is -0.0619. The fourth-order valence-electron chi connectivity index (χ4n) is 1.44. The number of ether oxygens (including phenoxy) is 2. The van der Waals surface area contributed by atoms with Gasteiger partial charge in [0.15, 0.2) is 11.6 Å². The lowest BCUT2D eigenvalue weighted by atomic mass is 10.2. The van der Waals surface area contributed by atoms with Gasteiger partial charge in [-0.1, -0.05) is 0 Å². The van der Waals surface area contributed by atoms with Gasteiger partial charge < -0.3 is 25.6 Å². The Bertz CT molecular complexity index is 342. The highest BCUT2D eigenvalue weighted by atomic mass is 16.5. The number of anilines is 2. The minimum atomic E-state index is -0.0619. The van der Waals surface area contributed by atoms with Gasteiger partial charge in [-0.15, -0.1) is 0 Å². The number of aromatic nitrogens is 2. The average molecular weight is 242 g/mol. The molecule has 0 spiro atoms. The lowest BCUT2D eigenvalue weighted by Gasteiger charge is -2.19. The van der Waals surface area contributed by atoms with Crippen molar-refractivity contribution < 1.29 is 14.6 Å². The van der Waals surface area contributed by atoms with Crippen molar-refractivity contribution in [3.05, 3.63) is 6.33 Å². The fraction of sp³-hybridized carbons (Fsp3) is 0.600.